The van der Waals surface area contributed by atoms with Crippen LogP contribution in [0.4, 0.5) is 0 Å². The van der Waals surface area contributed by atoms with E-state index in [9.17, 15) is 19.5 Å². The minimum absolute atomic E-state index is 0.00467. The van der Waals surface area contributed by atoms with E-state index in [-0.39, 0.29) is 32.0 Å². The lowest BCUT2D eigenvalue weighted by molar-refractivity contribution is -0.138. The lowest BCUT2D eigenvalue weighted by Gasteiger charge is -2.32. The maximum Gasteiger partial charge on any atom is 0.248 e. The quantitative estimate of drug-likeness (QED) is 0.340. The van der Waals surface area contributed by atoms with Gasteiger partial charge in [0, 0.05) is 26.6 Å². The fourth-order valence-electron chi connectivity index (χ4n) is 5.13. The minimum atomic E-state index is -1.10. The molecule has 1 aromatic heterocycles. The van der Waals surface area contributed by atoms with Gasteiger partial charge in [0.1, 0.15) is 17.8 Å². The number of nitrogens with one attached hydrogen (secondary N) is 1. The number of hydrogen-bond donors (Lipinski definition) is 3. The van der Waals surface area contributed by atoms with Gasteiger partial charge in [0.05, 0.1) is 24.8 Å². The van der Waals surface area contributed by atoms with Gasteiger partial charge in [-0.3, -0.25) is 14.4 Å². The molecule has 1 saturated heterocycles. The summed E-state index contributed by atoms with van der Waals surface area (Å²) in [6.07, 6.45) is 0.764. The van der Waals surface area contributed by atoms with E-state index in [0.29, 0.717) is 5.69 Å². The van der Waals surface area contributed by atoms with Crippen molar-refractivity contribution in [3.8, 4) is 11.1 Å². The first kappa shape index (κ1) is 29.9. The van der Waals surface area contributed by atoms with E-state index in [4.69, 9.17) is 10.5 Å². The van der Waals surface area contributed by atoms with Gasteiger partial charge in [0.25, 0.3) is 0 Å². The van der Waals surface area contributed by atoms with Crippen molar-refractivity contribution >= 4 is 17.7 Å². The molecule has 3 aromatic rings. The minimum Gasteiger partial charge on any atom is -0.390 e. The van der Waals surface area contributed by atoms with Gasteiger partial charge in [-0.15, -0.1) is 5.10 Å². The number of carbonyl (C=O) groups excluding carboxylic acids is 3. The van der Waals surface area contributed by atoms with E-state index >= 15 is 0 Å². The van der Waals surface area contributed by atoms with Crippen LogP contribution in [0.3, 0.4) is 0 Å². The molecule has 1 fully saturated rings. The van der Waals surface area contributed by atoms with E-state index in [0.717, 1.165) is 16.7 Å². The Kier molecular flexibility index (Phi) is 9.19. The van der Waals surface area contributed by atoms with Gasteiger partial charge in [-0.05, 0) is 22.1 Å². The largest absolute Gasteiger partial charge is 0.390 e. The maximum atomic E-state index is 13.7. The second-order valence-electron chi connectivity index (χ2n) is 11.5. The van der Waals surface area contributed by atoms with E-state index in [1.54, 1.807) is 13.3 Å². The molecule has 3 amide bonds. The Morgan fingerprint density at radius 2 is 1.73 bits per heavy atom. The number of aliphatic hydroxyl groups is 1. The highest BCUT2D eigenvalue weighted by Gasteiger charge is 2.44. The first-order valence-corrected chi connectivity index (χ1v) is 13.6. The first-order valence-electron chi connectivity index (χ1n) is 13.6. The normalized spacial score (nSPS) is 18.6. The number of nitrogens with two attached hydrogens (primary N) is 1. The van der Waals surface area contributed by atoms with Gasteiger partial charge in [0.15, 0.2) is 0 Å². The number of amides is 3. The SMILES string of the molecule is COCc1cn([C@H](C(=O)N2C[C@H](O)[C@H](C(=O)N[C@H](Cc3ccc(-c4ccccc4)cc3)C(N)=O)C2)C(C)(C)C)nn1. The highest BCUT2D eigenvalue weighted by molar-refractivity contribution is 5.89. The molecular formula is C30H38N6O5. The summed E-state index contributed by atoms with van der Waals surface area (Å²) in [6.45, 7) is 5.96. The van der Waals surface area contributed by atoms with Crippen molar-refractivity contribution in [1.29, 1.82) is 0 Å². The number of hydrogen-bond acceptors (Lipinski definition) is 7. The summed E-state index contributed by atoms with van der Waals surface area (Å²) in [5.74, 6) is -2.42. The lowest BCUT2D eigenvalue weighted by atomic mass is 9.86. The average Bonchev–Trinajstić information content (AvgIpc) is 3.55. The molecule has 0 saturated carbocycles. The van der Waals surface area contributed by atoms with Crippen LogP contribution in [-0.4, -0.2) is 75.1 Å². The van der Waals surface area contributed by atoms with Crippen LogP contribution in [0, 0.1) is 11.3 Å². The zero-order chi connectivity index (χ0) is 29.7. The van der Waals surface area contributed by atoms with Crippen molar-refractivity contribution in [3.05, 3.63) is 72.1 Å². The molecule has 1 aliphatic rings. The molecule has 218 valence electrons. The summed E-state index contributed by atoms with van der Waals surface area (Å²) >= 11 is 0. The number of methoxy groups -OCH3 is 1. The molecule has 0 unspecified atom stereocenters. The van der Waals surface area contributed by atoms with Crippen molar-refractivity contribution in [3.63, 3.8) is 0 Å². The molecule has 41 heavy (non-hydrogen) atoms. The zero-order valence-corrected chi connectivity index (χ0v) is 23.9. The maximum absolute atomic E-state index is 13.7. The van der Waals surface area contributed by atoms with Crippen LogP contribution in [0.2, 0.25) is 0 Å². The molecule has 0 radical (unpaired) electrons. The van der Waals surface area contributed by atoms with Crippen LogP contribution < -0.4 is 11.1 Å². The summed E-state index contributed by atoms with van der Waals surface area (Å²) in [7, 11) is 1.55. The van der Waals surface area contributed by atoms with Gasteiger partial charge in [-0.1, -0.05) is 80.6 Å². The molecule has 11 nitrogen and oxygen atoms in total. The Bertz CT molecular complexity index is 1350. The molecule has 4 atom stereocenters. The molecular weight excluding hydrogens is 524 g/mol. The number of primary amides is 1. The van der Waals surface area contributed by atoms with Gasteiger partial charge in [0.2, 0.25) is 17.7 Å². The Morgan fingerprint density at radius 3 is 2.34 bits per heavy atom. The summed E-state index contributed by atoms with van der Waals surface area (Å²) in [6, 6.07) is 15.9. The smallest absolute Gasteiger partial charge is 0.248 e. The van der Waals surface area contributed by atoms with Crippen LogP contribution in [0.5, 0.6) is 0 Å². The van der Waals surface area contributed by atoms with E-state index in [2.05, 4.69) is 15.6 Å². The molecule has 1 aliphatic heterocycles. The van der Waals surface area contributed by atoms with Gasteiger partial charge in [-0.2, -0.15) is 0 Å². The number of nitrogens with zero attached hydrogens (tertiary/aromatic N) is 4. The predicted octanol–water partition coefficient (Wildman–Crippen LogP) is 1.71. The first-order chi connectivity index (χ1) is 19.5. The molecule has 11 heteroatoms. The number of ether oxygens (including phenoxy) is 1. The Hall–Kier alpha value is -4.09. The fourth-order valence-corrected chi connectivity index (χ4v) is 5.13. The summed E-state index contributed by atoms with van der Waals surface area (Å²) in [4.78, 5) is 40.6. The van der Waals surface area contributed by atoms with Crippen molar-refractivity contribution in [2.24, 2.45) is 17.1 Å². The molecule has 4 N–H and O–H groups in total. The van der Waals surface area contributed by atoms with Crippen LogP contribution in [-0.2, 0) is 32.1 Å². The molecule has 0 spiro atoms. The average molecular weight is 563 g/mol. The van der Waals surface area contributed by atoms with Gasteiger partial charge < -0.3 is 25.8 Å². The van der Waals surface area contributed by atoms with E-state index < -0.39 is 41.3 Å². The van der Waals surface area contributed by atoms with Crippen molar-refractivity contribution in [1.82, 2.24) is 25.2 Å². The summed E-state index contributed by atoms with van der Waals surface area (Å²) in [5.41, 5.74) is 8.61. The standard InChI is InChI=1S/C30H38N6O5/c1-30(2,3)26(36-15-22(18-41-4)33-34-36)29(40)35-16-23(25(37)17-35)28(39)32-24(27(31)38)14-19-10-12-21(13-11-19)20-8-6-5-7-9-20/h5-13,15,23-26,37H,14,16-18H2,1-4H3,(H2,31,38)(H,32,39)/t23-,24-,25+,26-/m1/s1. The van der Waals surface area contributed by atoms with Crippen LogP contribution >= 0.6 is 0 Å². The van der Waals surface area contributed by atoms with Crippen LogP contribution in [0.25, 0.3) is 11.1 Å². The van der Waals surface area contributed by atoms with Gasteiger partial charge >= 0.3 is 0 Å². The van der Waals surface area contributed by atoms with Crippen molar-refractivity contribution in [2.45, 2.75) is 52.0 Å². The molecule has 4 rings (SSSR count). The fraction of sp³-hybridized carbons (Fsp3) is 0.433. The monoisotopic (exact) mass is 562 g/mol. The number of β-amino-alcohol motifs (C(OH)–C–C–N with tert-alkyl or cyclic N) is 1. The number of benzene rings is 2. The molecule has 2 aromatic carbocycles. The second kappa shape index (κ2) is 12.6. The third-order valence-electron chi connectivity index (χ3n) is 7.27. The van der Waals surface area contributed by atoms with Crippen molar-refractivity contribution < 1.29 is 24.2 Å². The number of aliphatic hydroxyl groups excluding tert-OH is 1. The zero-order valence-electron chi connectivity index (χ0n) is 23.9. The topological polar surface area (TPSA) is 153 Å². The number of likely N-dealkylation sites (tertiary alicyclic amines) is 1. The second-order valence-corrected chi connectivity index (χ2v) is 11.5. The molecule has 0 aliphatic carbocycles. The highest BCUT2D eigenvalue weighted by Crippen LogP contribution is 2.33. The summed E-state index contributed by atoms with van der Waals surface area (Å²) in [5, 5.41) is 21.7. The number of rotatable bonds is 10. The Labute approximate surface area is 239 Å². The predicted molar refractivity (Wildman–Crippen MR) is 152 cm³/mol. The third kappa shape index (κ3) is 7.17. The summed E-state index contributed by atoms with van der Waals surface area (Å²) < 4.78 is 6.61. The van der Waals surface area contributed by atoms with Crippen LogP contribution in [0.15, 0.2) is 60.8 Å². The highest BCUT2D eigenvalue weighted by atomic mass is 16.5. The van der Waals surface area contributed by atoms with Crippen LogP contribution in [0.1, 0.15) is 38.1 Å². The van der Waals surface area contributed by atoms with Crippen molar-refractivity contribution in [2.75, 3.05) is 20.2 Å². The van der Waals surface area contributed by atoms with E-state index in [1.807, 2.05) is 75.4 Å². The van der Waals surface area contributed by atoms with E-state index in [1.165, 1.54) is 9.58 Å². The lowest BCUT2D eigenvalue weighted by Crippen LogP contribution is -2.49. The van der Waals surface area contributed by atoms with Gasteiger partial charge in [-0.25, -0.2) is 4.68 Å². The number of aromatic nitrogens is 3. The number of carbonyl (C=O) groups is 3. The third-order valence-corrected chi connectivity index (χ3v) is 7.27. The molecule has 0 bridgehead atoms. The Balaban J connectivity index is 1.42. The Morgan fingerprint density at radius 1 is 1.07 bits per heavy atom. The molecule has 2 heterocycles.